The smallest absolute Gasteiger partial charge is 0.126 e. The van der Waals surface area contributed by atoms with E-state index in [9.17, 15) is 0 Å². The molecule has 0 amide bonds. The predicted octanol–water partition coefficient (Wildman–Crippen LogP) is 1.06. The third-order valence-corrected chi connectivity index (χ3v) is 3.39. The van der Waals surface area contributed by atoms with Crippen LogP contribution in [0.2, 0.25) is 0 Å². The molecule has 0 aromatic heterocycles. The average molecular weight is 236 g/mol. The first-order valence-corrected chi connectivity index (χ1v) is 5.81. The molecule has 1 saturated heterocycles. The number of nitrogens with two attached hydrogens (primary N) is 1. The second-order valence-electron chi connectivity index (χ2n) is 4.60. The van der Waals surface area contributed by atoms with Gasteiger partial charge in [-0.15, -0.1) is 0 Å². The quantitative estimate of drug-likeness (QED) is 0.852. The van der Waals surface area contributed by atoms with Gasteiger partial charge in [-0.25, -0.2) is 0 Å². The minimum Gasteiger partial charge on any atom is -0.497 e. The molecule has 2 N–H and O–H groups in total. The van der Waals surface area contributed by atoms with Gasteiger partial charge in [-0.05, 0) is 13.1 Å². The van der Waals surface area contributed by atoms with Crippen LogP contribution in [0, 0.1) is 0 Å². The van der Waals surface area contributed by atoms with Gasteiger partial charge in [-0.3, -0.25) is 0 Å². The van der Waals surface area contributed by atoms with Crippen molar-refractivity contribution in [3.8, 4) is 11.5 Å². The minimum atomic E-state index is 0.169. The largest absolute Gasteiger partial charge is 0.497 e. The summed E-state index contributed by atoms with van der Waals surface area (Å²) in [4.78, 5) is 2.25. The van der Waals surface area contributed by atoms with E-state index >= 15 is 0 Å². The van der Waals surface area contributed by atoms with Crippen molar-refractivity contribution < 1.29 is 9.47 Å². The number of hydrogen-bond donors (Lipinski definition) is 1. The van der Waals surface area contributed by atoms with Gasteiger partial charge >= 0.3 is 0 Å². The Morgan fingerprint density at radius 2 is 2.00 bits per heavy atom. The number of likely N-dealkylation sites (tertiary alicyclic amines) is 1. The van der Waals surface area contributed by atoms with Crippen LogP contribution in [0.4, 0.5) is 0 Å². The van der Waals surface area contributed by atoms with E-state index in [0.29, 0.717) is 5.92 Å². The standard InChI is InChI=1S/C13H20N2O2/c1-15-7-11(12(14)8-15)10-5-4-9(16-2)6-13(10)17-3/h4-6,11-12H,7-8,14H2,1-3H3/t11-,12-/m0/s1. The van der Waals surface area contributed by atoms with Crippen molar-refractivity contribution in [1.29, 1.82) is 0 Å². The van der Waals surface area contributed by atoms with Crippen LogP contribution in [0.3, 0.4) is 0 Å². The summed E-state index contributed by atoms with van der Waals surface area (Å²) < 4.78 is 10.6. The maximum Gasteiger partial charge on any atom is 0.126 e. The normalized spacial score (nSPS) is 24.9. The lowest BCUT2D eigenvalue weighted by Crippen LogP contribution is -2.28. The first-order chi connectivity index (χ1) is 8.15. The average Bonchev–Trinajstić information content (AvgIpc) is 2.67. The van der Waals surface area contributed by atoms with E-state index in [1.165, 1.54) is 5.56 Å². The molecular formula is C13H20N2O2. The fourth-order valence-electron chi connectivity index (χ4n) is 2.49. The Labute approximate surface area is 102 Å². The van der Waals surface area contributed by atoms with E-state index in [-0.39, 0.29) is 6.04 Å². The maximum absolute atomic E-state index is 6.17. The molecule has 1 aliphatic heterocycles. The molecule has 4 heteroatoms. The molecule has 4 nitrogen and oxygen atoms in total. The number of rotatable bonds is 3. The van der Waals surface area contributed by atoms with Crippen LogP contribution in [0.15, 0.2) is 18.2 Å². The molecule has 0 radical (unpaired) electrons. The van der Waals surface area contributed by atoms with Gasteiger partial charge in [0.25, 0.3) is 0 Å². The Morgan fingerprint density at radius 3 is 2.53 bits per heavy atom. The SMILES string of the molecule is COc1ccc([C@@H]2CN(C)C[C@@H]2N)c(OC)c1. The Hall–Kier alpha value is -1.26. The Balaban J connectivity index is 2.31. The molecule has 0 aliphatic carbocycles. The molecule has 2 rings (SSSR count). The molecule has 1 aromatic rings. The van der Waals surface area contributed by atoms with Crippen molar-refractivity contribution in [2.45, 2.75) is 12.0 Å². The van der Waals surface area contributed by atoms with Gasteiger partial charge in [0.2, 0.25) is 0 Å². The van der Waals surface area contributed by atoms with Gasteiger partial charge in [0.1, 0.15) is 11.5 Å². The first-order valence-electron chi connectivity index (χ1n) is 5.81. The Kier molecular flexibility index (Phi) is 3.54. The number of methoxy groups -OCH3 is 2. The summed E-state index contributed by atoms with van der Waals surface area (Å²) in [7, 11) is 5.43. The predicted molar refractivity (Wildman–Crippen MR) is 67.8 cm³/mol. The monoisotopic (exact) mass is 236 g/mol. The van der Waals surface area contributed by atoms with Crippen LogP contribution in [0.5, 0.6) is 11.5 Å². The van der Waals surface area contributed by atoms with Crippen LogP contribution in [0.25, 0.3) is 0 Å². The number of nitrogens with zero attached hydrogens (tertiary/aromatic N) is 1. The van der Waals surface area contributed by atoms with E-state index in [4.69, 9.17) is 15.2 Å². The molecule has 0 spiro atoms. The van der Waals surface area contributed by atoms with Crippen LogP contribution in [-0.4, -0.2) is 45.3 Å². The number of ether oxygens (including phenoxy) is 2. The topological polar surface area (TPSA) is 47.7 Å². The van der Waals surface area contributed by atoms with Crippen LogP contribution < -0.4 is 15.2 Å². The lowest BCUT2D eigenvalue weighted by atomic mass is 9.94. The zero-order chi connectivity index (χ0) is 12.4. The highest BCUT2D eigenvalue weighted by Crippen LogP contribution is 2.34. The molecule has 2 atom stereocenters. The van der Waals surface area contributed by atoms with Gasteiger partial charge in [0.05, 0.1) is 14.2 Å². The number of benzene rings is 1. The molecular weight excluding hydrogens is 216 g/mol. The van der Waals surface area contributed by atoms with Crippen LogP contribution in [-0.2, 0) is 0 Å². The second kappa shape index (κ2) is 4.94. The summed E-state index contributed by atoms with van der Waals surface area (Å²) in [5, 5.41) is 0. The summed E-state index contributed by atoms with van der Waals surface area (Å²) >= 11 is 0. The molecule has 17 heavy (non-hydrogen) atoms. The summed E-state index contributed by atoms with van der Waals surface area (Å²) in [6.45, 7) is 1.91. The lowest BCUT2D eigenvalue weighted by molar-refractivity contribution is 0.384. The fraction of sp³-hybridized carbons (Fsp3) is 0.538. The maximum atomic E-state index is 6.17. The molecule has 1 fully saturated rings. The van der Waals surface area contributed by atoms with E-state index < -0.39 is 0 Å². The van der Waals surface area contributed by atoms with E-state index in [1.807, 2.05) is 12.1 Å². The van der Waals surface area contributed by atoms with Crippen molar-refractivity contribution in [2.75, 3.05) is 34.4 Å². The van der Waals surface area contributed by atoms with Crippen molar-refractivity contribution in [3.05, 3.63) is 23.8 Å². The molecule has 0 saturated carbocycles. The van der Waals surface area contributed by atoms with Gasteiger partial charge in [0, 0.05) is 36.7 Å². The van der Waals surface area contributed by atoms with E-state index in [2.05, 4.69) is 18.0 Å². The minimum absolute atomic E-state index is 0.169. The number of likely N-dealkylation sites (N-methyl/N-ethyl adjacent to an activating group) is 1. The molecule has 1 heterocycles. The first kappa shape index (κ1) is 12.2. The Bertz CT molecular complexity index is 395. The van der Waals surface area contributed by atoms with Gasteiger partial charge in [-0.1, -0.05) is 6.07 Å². The van der Waals surface area contributed by atoms with Crippen LogP contribution in [0.1, 0.15) is 11.5 Å². The number of hydrogen-bond acceptors (Lipinski definition) is 4. The summed E-state index contributed by atoms with van der Waals surface area (Å²) in [6.07, 6.45) is 0. The van der Waals surface area contributed by atoms with Crippen molar-refractivity contribution in [3.63, 3.8) is 0 Å². The highest BCUT2D eigenvalue weighted by molar-refractivity contribution is 5.44. The highest BCUT2D eigenvalue weighted by atomic mass is 16.5. The van der Waals surface area contributed by atoms with Gasteiger partial charge in [-0.2, -0.15) is 0 Å². The molecule has 1 aliphatic rings. The zero-order valence-electron chi connectivity index (χ0n) is 10.6. The summed E-state index contributed by atoms with van der Waals surface area (Å²) in [5.41, 5.74) is 7.34. The molecule has 94 valence electrons. The fourth-order valence-corrected chi connectivity index (χ4v) is 2.49. The van der Waals surface area contributed by atoms with E-state index in [1.54, 1.807) is 14.2 Å². The highest BCUT2D eigenvalue weighted by Gasteiger charge is 2.31. The molecule has 1 aromatic carbocycles. The zero-order valence-corrected chi connectivity index (χ0v) is 10.6. The Morgan fingerprint density at radius 1 is 1.24 bits per heavy atom. The summed E-state index contributed by atoms with van der Waals surface area (Å²) in [6, 6.07) is 6.10. The van der Waals surface area contributed by atoms with Crippen molar-refractivity contribution in [2.24, 2.45) is 5.73 Å². The van der Waals surface area contributed by atoms with Crippen LogP contribution >= 0.6 is 0 Å². The summed E-state index contributed by atoms with van der Waals surface area (Å²) in [5.74, 6) is 2.01. The lowest BCUT2D eigenvalue weighted by Gasteiger charge is -2.18. The van der Waals surface area contributed by atoms with Crippen molar-refractivity contribution >= 4 is 0 Å². The van der Waals surface area contributed by atoms with Crippen molar-refractivity contribution in [1.82, 2.24) is 4.90 Å². The third kappa shape index (κ3) is 2.37. The van der Waals surface area contributed by atoms with Gasteiger partial charge < -0.3 is 20.1 Å². The third-order valence-electron chi connectivity index (χ3n) is 3.39. The molecule has 0 bridgehead atoms. The van der Waals surface area contributed by atoms with Gasteiger partial charge in [0.15, 0.2) is 0 Å². The second-order valence-corrected chi connectivity index (χ2v) is 4.60. The molecule has 0 unspecified atom stereocenters. The van der Waals surface area contributed by atoms with E-state index in [0.717, 1.165) is 24.6 Å².